The molecule has 0 aliphatic carbocycles. The van der Waals surface area contributed by atoms with E-state index in [1.807, 2.05) is 11.3 Å². The Bertz CT molecular complexity index is 417. The van der Waals surface area contributed by atoms with Crippen molar-refractivity contribution >= 4 is 22.7 Å². The van der Waals surface area contributed by atoms with Crippen LogP contribution in [0, 0.1) is 6.92 Å². The quantitative estimate of drug-likeness (QED) is 0.846. The van der Waals surface area contributed by atoms with Gasteiger partial charge >= 0.3 is 0 Å². The maximum absolute atomic E-state index is 3.58. The molecule has 1 nitrogen and oxygen atoms in total. The van der Waals surface area contributed by atoms with Crippen LogP contribution in [0.1, 0.15) is 29.0 Å². The third-order valence-electron chi connectivity index (χ3n) is 2.74. The minimum atomic E-state index is 0.471. The van der Waals surface area contributed by atoms with Crippen molar-refractivity contribution in [3.05, 3.63) is 44.3 Å². The molecular formula is C13H17NS2. The van der Waals surface area contributed by atoms with Gasteiger partial charge in [-0.1, -0.05) is 0 Å². The van der Waals surface area contributed by atoms with Gasteiger partial charge in [0, 0.05) is 10.9 Å². The number of thiophene rings is 2. The second-order valence-corrected chi connectivity index (χ2v) is 5.75. The molecule has 0 aliphatic rings. The lowest BCUT2D eigenvalue weighted by Crippen LogP contribution is -2.20. The summed E-state index contributed by atoms with van der Waals surface area (Å²) in [6.07, 6.45) is 1.12. The minimum Gasteiger partial charge on any atom is -0.309 e. The first-order chi connectivity index (χ1) is 7.77. The molecule has 1 N–H and O–H groups in total. The largest absolute Gasteiger partial charge is 0.309 e. The van der Waals surface area contributed by atoms with E-state index < -0.39 is 0 Å². The van der Waals surface area contributed by atoms with Crippen molar-refractivity contribution in [2.24, 2.45) is 0 Å². The molecule has 0 radical (unpaired) electrons. The predicted octanol–water partition coefficient (Wildman–Crippen LogP) is 4.01. The normalized spacial score (nSPS) is 12.9. The Morgan fingerprint density at radius 2 is 2.19 bits per heavy atom. The molecule has 0 bridgehead atoms. The average molecular weight is 251 g/mol. The van der Waals surface area contributed by atoms with E-state index in [0.717, 1.165) is 13.0 Å². The van der Waals surface area contributed by atoms with Crippen LogP contribution in [0.5, 0.6) is 0 Å². The van der Waals surface area contributed by atoms with Crippen LogP contribution in [-0.2, 0) is 6.42 Å². The zero-order valence-electron chi connectivity index (χ0n) is 9.69. The molecule has 16 heavy (non-hydrogen) atoms. The van der Waals surface area contributed by atoms with E-state index in [1.54, 1.807) is 11.3 Å². The lowest BCUT2D eigenvalue weighted by Gasteiger charge is -2.12. The van der Waals surface area contributed by atoms with Crippen LogP contribution < -0.4 is 5.32 Å². The fourth-order valence-electron chi connectivity index (χ4n) is 1.79. The van der Waals surface area contributed by atoms with Crippen LogP contribution in [0.4, 0.5) is 0 Å². The second kappa shape index (κ2) is 5.62. The lowest BCUT2D eigenvalue weighted by atomic mass is 10.2. The highest BCUT2D eigenvalue weighted by atomic mass is 32.1. The summed E-state index contributed by atoms with van der Waals surface area (Å²) in [4.78, 5) is 1.46. The third-order valence-corrected chi connectivity index (χ3v) is 4.67. The fraction of sp³-hybridized carbons (Fsp3) is 0.385. The Balaban J connectivity index is 1.80. The van der Waals surface area contributed by atoms with Gasteiger partial charge < -0.3 is 5.32 Å². The summed E-state index contributed by atoms with van der Waals surface area (Å²) in [7, 11) is 0. The average Bonchev–Trinajstić information content (AvgIpc) is 2.88. The van der Waals surface area contributed by atoms with E-state index in [9.17, 15) is 0 Å². The standard InChI is InChI=1S/C13H17NS2/c1-10-4-8-16-13(10)11(2)14-6-3-12-5-7-15-9-12/h4-5,7-9,11,14H,3,6H2,1-2H3. The number of hydrogen-bond acceptors (Lipinski definition) is 3. The Kier molecular flexibility index (Phi) is 4.16. The van der Waals surface area contributed by atoms with Crippen molar-refractivity contribution in [3.63, 3.8) is 0 Å². The molecule has 1 atom stereocenters. The first-order valence-electron chi connectivity index (χ1n) is 5.56. The van der Waals surface area contributed by atoms with Crippen LogP contribution >= 0.6 is 22.7 Å². The topological polar surface area (TPSA) is 12.0 Å². The van der Waals surface area contributed by atoms with Gasteiger partial charge in [0.25, 0.3) is 0 Å². The molecule has 0 aliphatic heterocycles. The zero-order chi connectivity index (χ0) is 11.4. The van der Waals surface area contributed by atoms with Gasteiger partial charge in [-0.2, -0.15) is 11.3 Å². The van der Waals surface area contributed by atoms with Crippen LogP contribution in [-0.4, -0.2) is 6.54 Å². The summed E-state index contributed by atoms with van der Waals surface area (Å²) in [5.41, 5.74) is 2.84. The Labute approximate surface area is 105 Å². The molecule has 0 spiro atoms. The minimum absolute atomic E-state index is 0.471. The van der Waals surface area contributed by atoms with E-state index in [2.05, 4.69) is 47.4 Å². The van der Waals surface area contributed by atoms with Crippen LogP contribution in [0.25, 0.3) is 0 Å². The van der Waals surface area contributed by atoms with Crippen LogP contribution in [0.3, 0.4) is 0 Å². The second-order valence-electron chi connectivity index (χ2n) is 4.03. The van der Waals surface area contributed by atoms with Crippen molar-refractivity contribution in [2.75, 3.05) is 6.54 Å². The Hall–Kier alpha value is -0.640. The van der Waals surface area contributed by atoms with E-state index in [4.69, 9.17) is 0 Å². The van der Waals surface area contributed by atoms with E-state index >= 15 is 0 Å². The van der Waals surface area contributed by atoms with Gasteiger partial charge in [-0.05, 0) is 66.2 Å². The molecule has 2 rings (SSSR count). The first kappa shape index (κ1) is 11.8. The third kappa shape index (κ3) is 2.94. The maximum Gasteiger partial charge on any atom is 0.0388 e. The van der Waals surface area contributed by atoms with Gasteiger partial charge in [-0.15, -0.1) is 11.3 Å². The van der Waals surface area contributed by atoms with E-state index in [0.29, 0.717) is 6.04 Å². The van der Waals surface area contributed by atoms with Gasteiger partial charge in [0.15, 0.2) is 0 Å². The molecule has 0 saturated heterocycles. The maximum atomic E-state index is 3.58. The van der Waals surface area contributed by atoms with Crippen LogP contribution in [0.2, 0.25) is 0 Å². The van der Waals surface area contributed by atoms with Gasteiger partial charge in [-0.3, -0.25) is 0 Å². The first-order valence-corrected chi connectivity index (χ1v) is 7.38. The molecule has 3 heteroatoms. The number of aryl methyl sites for hydroxylation is 1. The van der Waals surface area contributed by atoms with Gasteiger partial charge in [0.05, 0.1) is 0 Å². The van der Waals surface area contributed by atoms with Crippen molar-refractivity contribution in [1.29, 1.82) is 0 Å². The summed E-state index contributed by atoms with van der Waals surface area (Å²) >= 11 is 3.62. The number of nitrogens with one attached hydrogen (secondary N) is 1. The highest BCUT2D eigenvalue weighted by molar-refractivity contribution is 7.10. The highest BCUT2D eigenvalue weighted by Crippen LogP contribution is 2.23. The molecule has 0 amide bonds. The summed E-state index contributed by atoms with van der Waals surface area (Å²) in [5.74, 6) is 0. The van der Waals surface area contributed by atoms with Gasteiger partial charge in [0.1, 0.15) is 0 Å². The number of hydrogen-bond donors (Lipinski definition) is 1. The van der Waals surface area contributed by atoms with E-state index in [1.165, 1.54) is 16.0 Å². The van der Waals surface area contributed by atoms with Crippen molar-refractivity contribution in [2.45, 2.75) is 26.3 Å². The smallest absolute Gasteiger partial charge is 0.0388 e. The van der Waals surface area contributed by atoms with Gasteiger partial charge in [-0.25, -0.2) is 0 Å². The van der Waals surface area contributed by atoms with Crippen molar-refractivity contribution in [1.82, 2.24) is 5.32 Å². The monoisotopic (exact) mass is 251 g/mol. The molecule has 0 aromatic carbocycles. The summed E-state index contributed by atoms with van der Waals surface area (Å²) < 4.78 is 0. The SMILES string of the molecule is Cc1ccsc1C(C)NCCc1ccsc1. The molecule has 2 aromatic rings. The van der Waals surface area contributed by atoms with Crippen molar-refractivity contribution in [3.8, 4) is 0 Å². The molecule has 1 unspecified atom stereocenters. The zero-order valence-corrected chi connectivity index (χ0v) is 11.3. The highest BCUT2D eigenvalue weighted by Gasteiger charge is 2.08. The summed E-state index contributed by atoms with van der Waals surface area (Å²) in [6, 6.07) is 4.86. The Morgan fingerprint density at radius 3 is 2.81 bits per heavy atom. The van der Waals surface area contributed by atoms with Gasteiger partial charge in [0.2, 0.25) is 0 Å². The molecule has 2 heterocycles. The molecular weight excluding hydrogens is 234 g/mol. The molecule has 2 aromatic heterocycles. The summed E-state index contributed by atoms with van der Waals surface area (Å²) in [5, 5.41) is 10.1. The Morgan fingerprint density at radius 1 is 1.31 bits per heavy atom. The number of rotatable bonds is 5. The van der Waals surface area contributed by atoms with Crippen molar-refractivity contribution < 1.29 is 0 Å². The summed E-state index contributed by atoms with van der Waals surface area (Å²) in [6.45, 7) is 5.48. The molecule has 0 saturated carbocycles. The fourth-order valence-corrected chi connectivity index (χ4v) is 3.45. The predicted molar refractivity (Wildman–Crippen MR) is 73.5 cm³/mol. The van der Waals surface area contributed by atoms with E-state index in [-0.39, 0.29) is 0 Å². The molecule has 86 valence electrons. The lowest BCUT2D eigenvalue weighted by molar-refractivity contribution is 0.583. The molecule has 0 fully saturated rings. The van der Waals surface area contributed by atoms with Crippen LogP contribution in [0.15, 0.2) is 28.3 Å².